The van der Waals surface area contributed by atoms with Crippen molar-refractivity contribution in [3.8, 4) is 23.0 Å². The van der Waals surface area contributed by atoms with E-state index in [9.17, 15) is 13.2 Å². The molecule has 224 valence electrons. The summed E-state index contributed by atoms with van der Waals surface area (Å²) in [5, 5.41) is 4.06. The zero-order valence-corrected chi connectivity index (χ0v) is 24.9. The van der Waals surface area contributed by atoms with E-state index in [2.05, 4.69) is 10.5 Å². The molecule has 0 aliphatic rings. The predicted octanol–water partition coefficient (Wildman–Crippen LogP) is 5.03. The molecule has 1 N–H and O–H groups in total. The van der Waals surface area contributed by atoms with E-state index < -0.39 is 22.5 Å². The van der Waals surface area contributed by atoms with Gasteiger partial charge in [0.2, 0.25) is 0 Å². The van der Waals surface area contributed by atoms with Gasteiger partial charge in [-0.1, -0.05) is 42.5 Å². The van der Waals surface area contributed by atoms with Crippen LogP contribution in [0.1, 0.15) is 18.1 Å². The van der Waals surface area contributed by atoms with Crippen molar-refractivity contribution in [1.82, 2.24) is 5.43 Å². The van der Waals surface area contributed by atoms with Crippen LogP contribution in [0.2, 0.25) is 0 Å². The van der Waals surface area contributed by atoms with Crippen LogP contribution in [0.15, 0.2) is 107 Å². The molecule has 0 aliphatic heterocycles. The van der Waals surface area contributed by atoms with Crippen LogP contribution in [0.5, 0.6) is 23.0 Å². The van der Waals surface area contributed by atoms with Crippen LogP contribution in [0.4, 0.5) is 5.69 Å². The van der Waals surface area contributed by atoms with E-state index in [1.54, 1.807) is 36.4 Å². The Labute approximate surface area is 251 Å². The maximum atomic E-state index is 13.8. The van der Waals surface area contributed by atoms with Crippen LogP contribution in [-0.4, -0.2) is 47.9 Å². The van der Waals surface area contributed by atoms with E-state index in [0.717, 1.165) is 9.87 Å². The summed E-state index contributed by atoms with van der Waals surface area (Å²) < 4.78 is 50.6. The first-order valence-electron chi connectivity index (χ1n) is 13.4. The lowest BCUT2D eigenvalue weighted by Crippen LogP contribution is -2.39. The summed E-state index contributed by atoms with van der Waals surface area (Å²) in [6.45, 7) is 2.12. The maximum Gasteiger partial charge on any atom is 0.264 e. The van der Waals surface area contributed by atoms with Crippen molar-refractivity contribution >= 4 is 27.8 Å². The highest BCUT2D eigenvalue weighted by Crippen LogP contribution is 2.32. The SMILES string of the molecule is CCOc1ccc(N(CC(=O)N/N=C\c2ccccc2OCc2ccccc2)S(=O)(=O)c2ccc(OC)c(OC)c2)cc1. The van der Waals surface area contributed by atoms with E-state index >= 15 is 0 Å². The second-order valence-corrected chi connectivity index (χ2v) is 10.9. The molecule has 0 radical (unpaired) electrons. The topological polar surface area (TPSA) is 116 Å². The molecule has 43 heavy (non-hydrogen) atoms. The van der Waals surface area contributed by atoms with Crippen molar-refractivity contribution in [3.05, 3.63) is 108 Å². The van der Waals surface area contributed by atoms with Crippen molar-refractivity contribution in [3.63, 3.8) is 0 Å². The number of sulfonamides is 1. The lowest BCUT2D eigenvalue weighted by Gasteiger charge is -2.24. The number of nitrogens with one attached hydrogen (secondary N) is 1. The number of nitrogens with zero attached hydrogens (tertiary/aromatic N) is 2. The van der Waals surface area contributed by atoms with Crippen LogP contribution < -0.4 is 28.7 Å². The summed E-state index contributed by atoms with van der Waals surface area (Å²) in [5.74, 6) is 1.09. The Kier molecular flexibility index (Phi) is 10.6. The number of hydrogen-bond acceptors (Lipinski definition) is 8. The Morgan fingerprint density at radius 2 is 1.53 bits per heavy atom. The number of carbonyl (C=O) groups excluding carboxylic acids is 1. The third-order valence-corrected chi connectivity index (χ3v) is 7.98. The normalized spacial score (nSPS) is 11.1. The zero-order chi connectivity index (χ0) is 30.7. The van der Waals surface area contributed by atoms with Crippen molar-refractivity contribution in [2.45, 2.75) is 18.4 Å². The molecular formula is C32H33N3O7S. The highest BCUT2D eigenvalue weighted by molar-refractivity contribution is 7.92. The lowest BCUT2D eigenvalue weighted by atomic mass is 10.2. The average molecular weight is 604 g/mol. The molecule has 0 atom stereocenters. The molecule has 0 fully saturated rings. The van der Waals surface area contributed by atoms with Crippen LogP contribution in [-0.2, 0) is 21.4 Å². The van der Waals surface area contributed by atoms with Crippen LogP contribution >= 0.6 is 0 Å². The van der Waals surface area contributed by atoms with Gasteiger partial charge < -0.3 is 18.9 Å². The van der Waals surface area contributed by atoms with Gasteiger partial charge in [-0.15, -0.1) is 0 Å². The van der Waals surface area contributed by atoms with E-state index in [1.807, 2.05) is 49.4 Å². The molecule has 4 aromatic rings. The number of amides is 1. The lowest BCUT2D eigenvalue weighted by molar-refractivity contribution is -0.119. The van der Waals surface area contributed by atoms with Crippen LogP contribution in [0.3, 0.4) is 0 Å². The Bertz CT molecular complexity index is 1640. The number of ether oxygens (including phenoxy) is 4. The molecule has 4 aromatic carbocycles. The molecule has 11 heteroatoms. The minimum Gasteiger partial charge on any atom is -0.494 e. The highest BCUT2D eigenvalue weighted by atomic mass is 32.2. The van der Waals surface area contributed by atoms with E-state index in [1.165, 1.54) is 38.6 Å². The summed E-state index contributed by atoms with van der Waals surface area (Å²) in [6.07, 6.45) is 1.45. The first kappa shape index (κ1) is 30.9. The number of methoxy groups -OCH3 is 2. The molecular weight excluding hydrogens is 570 g/mol. The summed E-state index contributed by atoms with van der Waals surface area (Å²) in [4.78, 5) is 13.0. The molecule has 0 saturated carbocycles. The number of anilines is 1. The fourth-order valence-corrected chi connectivity index (χ4v) is 5.53. The van der Waals surface area contributed by atoms with Crippen LogP contribution in [0, 0.1) is 0 Å². The molecule has 0 saturated heterocycles. The van der Waals surface area contributed by atoms with Gasteiger partial charge in [0.05, 0.1) is 37.6 Å². The predicted molar refractivity (Wildman–Crippen MR) is 165 cm³/mol. The molecule has 0 bridgehead atoms. The number of para-hydroxylation sites is 1. The van der Waals surface area contributed by atoms with Crippen molar-refractivity contribution in [2.75, 3.05) is 31.7 Å². The number of hydrazone groups is 1. The van der Waals surface area contributed by atoms with Gasteiger partial charge in [0.15, 0.2) is 11.5 Å². The van der Waals surface area contributed by atoms with Gasteiger partial charge in [0.1, 0.15) is 24.7 Å². The molecule has 10 nitrogen and oxygen atoms in total. The van der Waals surface area contributed by atoms with Gasteiger partial charge in [0.25, 0.3) is 15.9 Å². The second-order valence-electron chi connectivity index (χ2n) is 9.06. The Hall–Kier alpha value is -5.03. The van der Waals surface area contributed by atoms with Gasteiger partial charge in [-0.05, 0) is 61.0 Å². The van der Waals surface area contributed by atoms with Crippen molar-refractivity contribution < 1.29 is 32.2 Å². The third kappa shape index (κ3) is 8.04. The van der Waals surface area contributed by atoms with Crippen molar-refractivity contribution in [1.29, 1.82) is 0 Å². The summed E-state index contributed by atoms with van der Waals surface area (Å²) in [6, 6.07) is 27.6. The molecule has 0 aromatic heterocycles. The monoisotopic (exact) mass is 603 g/mol. The maximum absolute atomic E-state index is 13.8. The molecule has 0 unspecified atom stereocenters. The molecule has 0 aliphatic carbocycles. The first-order valence-corrected chi connectivity index (χ1v) is 14.8. The fourth-order valence-electron chi connectivity index (χ4n) is 4.09. The zero-order valence-electron chi connectivity index (χ0n) is 24.1. The average Bonchev–Trinajstić information content (AvgIpc) is 3.04. The second kappa shape index (κ2) is 14.7. The number of benzene rings is 4. The number of hydrogen-bond donors (Lipinski definition) is 1. The van der Waals surface area contributed by atoms with E-state index in [0.29, 0.717) is 36.0 Å². The van der Waals surface area contributed by atoms with Gasteiger partial charge in [-0.3, -0.25) is 9.10 Å². The molecule has 0 heterocycles. The summed E-state index contributed by atoms with van der Waals surface area (Å²) in [5.41, 5.74) is 4.34. The largest absolute Gasteiger partial charge is 0.494 e. The smallest absolute Gasteiger partial charge is 0.264 e. The van der Waals surface area contributed by atoms with Gasteiger partial charge in [-0.25, -0.2) is 13.8 Å². The molecule has 1 amide bonds. The Morgan fingerprint density at radius 1 is 0.837 bits per heavy atom. The quantitative estimate of drug-likeness (QED) is 0.159. The molecule has 4 rings (SSSR count). The Balaban J connectivity index is 1.54. The molecule has 0 spiro atoms. The van der Waals surface area contributed by atoms with Crippen molar-refractivity contribution in [2.24, 2.45) is 5.10 Å². The standard InChI is InChI=1S/C32H33N3O7S/c1-4-41-27-16-14-26(15-17-27)35(43(37,38)28-18-19-30(39-2)31(20-28)40-3)22-32(36)34-33-21-25-12-8-9-13-29(25)42-23-24-10-6-5-7-11-24/h5-21H,4,22-23H2,1-3H3,(H,34,36)/b33-21-. The van der Waals surface area contributed by atoms with Crippen LogP contribution in [0.25, 0.3) is 0 Å². The summed E-state index contributed by atoms with van der Waals surface area (Å²) in [7, 11) is -1.36. The van der Waals surface area contributed by atoms with Gasteiger partial charge in [0, 0.05) is 11.6 Å². The minimum absolute atomic E-state index is 0.0835. The third-order valence-electron chi connectivity index (χ3n) is 6.21. The van der Waals surface area contributed by atoms with E-state index in [-0.39, 0.29) is 16.3 Å². The number of rotatable bonds is 14. The first-order chi connectivity index (χ1) is 20.8. The minimum atomic E-state index is -4.23. The van der Waals surface area contributed by atoms with Gasteiger partial charge in [-0.2, -0.15) is 5.10 Å². The fraction of sp³-hybridized carbons (Fsp3) is 0.188. The highest BCUT2D eigenvalue weighted by Gasteiger charge is 2.28. The van der Waals surface area contributed by atoms with Gasteiger partial charge >= 0.3 is 0 Å². The van der Waals surface area contributed by atoms with E-state index in [4.69, 9.17) is 18.9 Å². The number of carbonyl (C=O) groups is 1. The summed E-state index contributed by atoms with van der Waals surface area (Å²) >= 11 is 0. The Morgan fingerprint density at radius 3 is 2.23 bits per heavy atom.